The second kappa shape index (κ2) is 11.7. The van der Waals surface area contributed by atoms with Crippen LogP contribution in [0.4, 0.5) is 4.79 Å². The summed E-state index contributed by atoms with van der Waals surface area (Å²) < 4.78 is 0. The van der Waals surface area contributed by atoms with E-state index in [1.54, 1.807) is 48.5 Å². The molecule has 3 amide bonds. The van der Waals surface area contributed by atoms with Crippen LogP contribution in [0.3, 0.4) is 0 Å². The SMILES string of the molecule is O=C(c1ccc(C=C2SC(=O)N(Cc3cccc(Cl)c3)C2=O)cc1)N1CCN(Cc2ccc(Cl)cc2)CC1. The van der Waals surface area contributed by atoms with Gasteiger partial charge in [-0.2, -0.15) is 0 Å². The van der Waals surface area contributed by atoms with E-state index in [4.69, 9.17) is 23.2 Å². The van der Waals surface area contributed by atoms with E-state index >= 15 is 0 Å². The van der Waals surface area contributed by atoms with E-state index in [2.05, 4.69) is 4.90 Å². The lowest BCUT2D eigenvalue weighted by atomic mass is 10.1. The minimum absolute atomic E-state index is 0.00969. The Morgan fingerprint density at radius 3 is 2.21 bits per heavy atom. The fourth-order valence-electron chi connectivity index (χ4n) is 4.47. The van der Waals surface area contributed by atoms with Gasteiger partial charge in [-0.05, 0) is 70.9 Å². The van der Waals surface area contributed by atoms with Crippen molar-refractivity contribution in [3.8, 4) is 0 Å². The van der Waals surface area contributed by atoms with Gasteiger partial charge in [0, 0.05) is 48.3 Å². The maximum absolute atomic E-state index is 13.1. The van der Waals surface area contributed by atoms with Crippen molar-refractivity contribution in [3.05, 3.63) is 110 Å². The lowest BCUT2D eigenvalue weighted by molar-refractivity contribution is -0.123. The summed E-state index contributed by atoms with van der Waals surface area (Å²) in [6, 6.07) is 22.1. The smallest absolute Gasteiger partial charge is 0.293 e. The van der Waals surface area contributed by atoms with E-state index in [0.717, 1.165) is 47.5 Å². The number of amides is 3. The summed E-state index contributed by atoms with van der Waals surface area (Å²) in [6.45, 7) is 3.93. The lowest BCUT2D eigenvalue weighted by Gasteiger charge is -2.34. The molecule has 6 nitrogen and oxygen atoms in total. The van der Waals surface area contributed by atoms with Crippen molar-refractivity contribution in [1.82, 2.24) is 14.7 Å². The average molecular weight is 567 g/mol. The van der Waals surface area contributed by atoms with Crippen LogP contribution in [0.2, 0.25) is 10.0 Å². The summed E-state index contributed by atoms with van der Waals surface area (Å²) >= 11 is 12.9. The molecule has 0 atom stereocenters. The Labute approximate surface area is 235 Å². The number of imide groups is 1. The van der Waals surface area contributed by atoms with E-state index in [1.807, 2.05) is 35.2 Å². The minimum atomic E-state index is -0.336. The quantitative estimate of drug-likeness (QED) is 0.333. The Morgan fingerprint density at radius 2 is 1.53 bits per heavy atom. The van der Waals surface area contributed by atoms with Crippen LogP contribution >= 0.6 is 35.0 Å². The van der Waals surface area contributed by atoms with Crippen LogP contribution in [-0.4, -0.2) is 57.9 Å². The number of carbonyl (C=O) groups excluding carboxylic acids is 3. The highest BCUT2D eigenvalue weighted by Gasteiger charge is 2.35. The lowest BCUT2D eigenvalue weighted by Crippen LogP contribution is -2.48. The van der Waals surface area contributed by atoms with Crippen LogP contribution in [0.25, 0.3) is 6.08 Å². The summed E-state index contributed by atoms with van der Waals surface area (Å²) in [5.74, 6) is -0.346. The first-order valence-electron chi connectivity index (χ1n) is 12.2. The zero-order chi connectivity index (χ0) is 26.6. The molecule has 9 heteroatoms. The zero-order valence-electron chi connectivity index (χ0n) is 20.5. The third-order valence-corrected chi connectivity index (χ3v) is 7.93. The highest BCUT2D eigenvalue weighted by molar-refractivity contribution is 8.18. The molecule has 0 unspecified atom stereocenters. The molecule has 5 rings (SSSR count). The van der Waals surface area contributed by atoms with Gasteiger partial charge in [-0.25, -0.2) is 0 Å². The second-order valence-corrected chi connectivity index (χ2v) is 11.1. The maximum atomic E-state index is 13.1. The largest absolute Gasteiger partial charge is 0.336 e. The van der Waals surface area contributed by atoms with Gasteiger partial charge in [0.1, 0.15) is 0 Å². The average Bonchev–Trinajstić information content (AvgIpc) is 3.18. The fraction of sp³-hybridized carbons (Fsp3) is 0.207. The molecule has 3 aromatic rings. The van der Waals surface area contributed by atoms with Crippen molar-refractivity contribution < 1.29 is 14.4 Å². The molecule has 2 heterocycles. The van der Waals surface area contributed by atoms with Crippen LogP contribution in [0.15, 0.2) is 77.7 Å². The van der Waals surface area contributed by atoms with E-state index in [9.17, 15) is 14.4 Å². The van der Waals surface area contributed by atoms with Crippen molar-refractivity contribution in [2.75, 3.05) is 26.2 Å². The standard InChI is InChI=1S/C29H25Cl2N3O3S/c30-24-10-6-21(7-11-24)18-32-12-14-33(15-13-32)27(35)23-8-4-20(5-9-23)17-26-28(36)34(29(37)38-26)19-22-2-1-3-25(31)16-22/h1-11,16-17H,12-15,18-19H2. The second-order valence-electron chi connectivity index (χ2n) is 9.21. The van der Waals surface area contributed by atoms with Gasteiger partial charge < -0.3 is 4.90 Å². The third-order valence-electron chi connectivity index (χ3n) is 6.54. The molecule has 194 valence electrons. The highest BCUT2D eigenvalue weighted by Crippen LogP contribution is 2.33. The van der Waals surface area contributed by atoms with Crippen LogP contribution < -0.4 is 0 Å². The number of hydrogen-bond donors (Lipinski definition) is 0. The Hall–Kier alpha value is -3.10. The van der Waals surface area contributed by atoms with Gasteiger partial charge >= 0.3 is 0 Å². The first-order chi connectivity index (χ1) is 18.4. The first kappa shape index (κ1) is 26.5. The van der Waals surface area contributed by atoms with Crippen LogP contribution in [0, 0.1) is 0 Å². The van der Waals surface area contributed by atoms with Gasteiger partial charge in [0.25, 0.3) is 17.1 Å². The molecular formula is C29H25Cl2N3O3S. The molecule has 0 spiro atoms. The van der Waals surface area contributed by atoms with Crippen molar-refractivity contribution in [2.24, 2.45) is 0 Å². The number of hydrogen-bond acceptors (Lipinski definition) is 5. The molecule has 3 aromatic carbocycles. The number of thioether (sulfide) groups is 1. The Bertz CT molecular complexity index is 1380. The first-order valence-corrected chi connectivity index (χ1v) is 13.8. The van der Waals surface area contributed by atoms with Crippen molar-refractivity contribution >= 4 is 58.1 Å². The van der Waals surface area contributed by atoms with Gasteiger partial charge in [0.15, 0.2) is 0 Å². The van der Waals surface area contributed by atoms with Gasteiger partial charge in [0.2, 0.25) is 0 Å². The fourth-order valence-corrected chi connectivity index (χ4v) is 5.64. The Balaban J connectivity index is 1.17. The predicted molar refractivity (Wildman–Crippen MR) is 152 cm³/mol. The van der Waals surface area contributed by atoms with Crippen LogP contribution in [-0.2, 0) is 17.9 Å². The summed E-state index contributed by atoms with van der Waals surface area (Å²) in [4.78, 5) is 44.1. The van der Waals surface area contributed by atoms with E-state index in [-0.39, 0.29) is 23.6 Å². The molecular weight excluding hydrogens is 541 g/mol. The topological polar surface area (TPSA) is 60.9 Å². The number of nitrogens with zero attached hydrogens (tertiary/aromatic N) is 3. The number of benzene rings is 3. The normalized spacial score (nSPS) is 17.5. The van der Waals surface area contributed by atoms with E-state index in [1.165, 1.54) is 10.5 Å². The number of piperazine rings is 1. The number of halogens is 2. The van der Waals surface area contributed by atoms with Crippen LogP contribution in [0.1, 0.15) is 27.0 Å². The molecule has 0 saturated carbocycles. The monoisotopic (exact) mass is 565 g/mol. The number of carbonyl (C=O) groups is 3. The number of rotatable bonds is 6. The minimum Gasteiger partial charge on any atom is -0.336 e. The van der Waals surface area contributed by atoms with Gasteiger partial charge in [0.05, 0.1) is 11.4 Å². The summed E-state index contributed by atoms with van der Waals surface area (Å²) in [7, 11) is 0. The summed E-state index contributed by atoms with van der Waals surface area (Å²) in [5, 5.41) is 0.965. The predicted octanol–water partition coefficient (Wildman–Crippen LogP) is 6.19. The summed E-state index contributed by atoms with van der Waals surface area (Å²) in [5.41, 5.74) is 3.34. The van der Waals surface area contributed by atoms with Gasteiger partial charge in [-0.15, -0.1) is 0 Å². The molecule has 38 heavy (non-hydrogen) atoms. The van der Waals surface area contributed by atoms with Gasteiger partial charge in [-0.1, -0.05) is 59.6 Å². The molecule has 2 aliphatic heterocycles. The molecule has 2 aliphatic rings. The molecule has 2 fully saturated rings. The molecule has 0 radical (unpaired) electrons. The summed E-state index contributed by atoms with van der Waals surface area (Å²) in [6.07, 6.45) is 1.69. The maximum Gasteiger partial charge on any atom is 0.293 e. The van der Waals surface area contributed by atoms with Crippen LogP contribution in [0.5, 0.6) is 0 Å². The van der Waals surface area contributed by atoms with Crippen molar-refractivity contribution in [2.45, 2.75) is 13.1 Å². The molecule has 2 saturated heterocycles. The van der Waals surface area contributed by atoms with E-state index in [0.29, 0.717) is 28.6 Å². The molecule has 0 bridgehead atoms. The molecule has 0 N–H and O–H groups in total. The Kier molecular flexibility index (Phi) is 8.19. The highest BCUT2D eigenvalue weighted by atomic mass is 35.5. The molecule has 0 aromatic heterocycles. The van der Waals surface area contributed by atoms with Gasteiger partial charge in [-0.3, -0.25) is 24.2 Å². The van der Waals surface area contributed by atoms with E-state index < -0.39 is 0 Å². The molecule has 0 aliphatic carbocycles. The Morgan fingerprint density at radius 1 is 0.816 bits per heavy atom. The van der Waals surface area contributed by atoms with Crippen molar-refractivity contribution in [3.63, 3.8) is 0 Å². The third kappa shape index (κ3) is 6.30. The van der Waals surface area contributed by atoms with Crippen molar-refractivity contribution in [1.29, 1.82) is 0 Å². The zero-order valence-corrected chi connectivity index (χ0v) is 22.8.